The predicted molar refractivity (Wildman–Crippen MR) is 189 cm³/mol. The summed E-state index contributed by atoms with van der Waals surface area (Å²) in [6, 6.07) is 0. The Hall–Kier alpha value is -0.700. The van der Waals surface area contributed by atoms with Crippen molar-refractivity contribution in [1.29, 1.82) is 0 Å². The lowest BCUT2D eigenvalue weighted by atomic mass is 10.0. The third kappa shape index (κ3) is 34.6. The van der Waals surface area contributed by atoms with E-state index in [9.17, 15) is 14.3 Å². The van der Waals surface area contributed by atoms with E-state index in [4.69, 9.17) is 18.5 Å². The molecule has 0 bridgehead atoms. The molecule has 10 heteroatoms. The molecule has 2 unspecified atom stereocenters. The molecule has 0 heterocycles. The zero-order valence-electron chi connectivity index (χ0n) is 30.8. The second kappa shape index (κ2) is 31.6. The number of nitrogens with one attached hydrogen (secondary N) is 1. The molecule has 0 saturated carbocycles. The van der Waals surface area contributed by atoms with Gasteiger partial charge in [-0.2, -0.15) is 0 Å². The average Bonchev–Trinajstić information content (AvgIpc) is 3.00. The Labute approximate surface area is 284 Å². The number of rotatable bonds is 35. The predicted octanol–water partition coefficient (Wildman–Crippen LogP) is 9.32. The van der Waals surface area contributed by atoms with Gasteiger partial charge in [-0.25, -0.2) is 4.79 Å². The fourth-order valence-corrected chi connectivity index (χ4v) is 6.18. The van der Waals surface area contributed by atoms with Crippen LogP contribution in [0.25, 0.3) is 0 Å². The number of ether oxygens (including phenoxy) is 2. The fourth-order valence-electron chi connectivity index (χ4n) is 5.40. The van der Waals surface area contributed by atoms with E-state index in [2.05, 4.69) is 33.4 Å². The molecule has 1 N–H and O–H groups in total. The highest BCUT2D eigenvalue weighted by Crippen LogP contribution is 2.38. The van der Waals surface area contributed by atoms with Crippen molar-refractivity contribution in [3.8, 4) is 0 Å². The summed E-state index contributed by atoms with van der Waals surface area (Å²) in [5.41, 5.74) is 0. The van der Waals surface area contributed by atoms with Crippen molar-refractivity contribution in [2.24, 2.45) is 0 Å². The fraction of sp³-hybridized carbons (Fsp3) is 0.972. The van der Waals surface area contributed by atoms with E-state index >= 15 is 0 Å². The minimum atomic E-state index is -4.43. The van der Waals surface area contributed by atoms with Gasteiger partial charge in [-0.3, -0.25) is 4.57 Å². The van der Waals surface area contributed by atoms with Gasteiger partial charge in [0.15, 0.2) is 0 Å². The Bertz CT molecular complexity index is 721. The molecule has 0 radical (unpaired) electrons. The molecule has 0 spiro atoms. The van der Waals surface area contributed by atoms with E-state index in [1.165, 1.54) is 136 Å². The molecule has 276 valence electrons. The topological polar surface area (TPSA) is 106 Å². The maximum atomic E-state index is 12.1. The van der Waals surface area contributed by atoms with Crippen molar-refractivity contribution in [1.82, 2.24) is 5.32 Å². The van der Waals surface area contributed by atoms with Gasteiger partial charge in [-0.15, -0.1) is 0 Å². The van der Waals surface area contributed by atoms with Crippen LogP contribution in [0.4, 0.5) is 4.79 Å². The van der Waals surface area contributed by atoms with E-state index in [1.54, 1.807) is 0 Å². The number of phosphoric acid groups is 1. The summed E-state index contributed by atoms with van der Waals surface area (Å²) in [5.74, 6) is 0. The standard InChI is InChI=1S/C36H75N2O7P/c1-6-7-8-9-10-11-12-13-14-15-16-17-18-21-24-27-30-37-36(39)43-33-35(42-5)34-45-46(40,41)44-32-29-26-23-20-19-22-25-28-31-38(2,3)4/h35H,6-34H2,1-5H3,(H-,37,39,40,41). The number of carbonyl (C=O) groups is 1. The van der Waals surface area contributed by atoms with Crippen LogP contribution in [0.5, 0.6) is 0 Å². The third-order valence-corrected chi connectivity index (χ3v) is 9.39. The van der Waals surface area contributed by atoms with Gasteiger partial charge >= 0.3 is 6.09 Å². The zero-order valence-corrected chi connectivity index (χ0v) is 31.7. The first-order valence-electron chi connectivity index (χ1n) is 18.9. The first-order chi connectivity index (χ1) is 22.1. The average molecular weight is 679 g/mol. The molecule has 0 rings (SSSR count). The van der Waals surface area contributed by atoms with Gasteiger partial charge in [0.25, 0.3) is 7.82 Å². The van der Waals surface area contributed by atoms with Gasteiger partial charge in [0.1, 0.15) is 12.7 Å². The maximum absolute atomic E-state index is 12.1. The molecule has 0 aromatic rings. The second-order valence-corrected chi connectivity index (χ2v) is 15.5. The van der Waals surface area contributed by atoms with Gasteiger partial charge in [-0.1, -0.05) is 135 Å². The number of unbranched alkanes of at least 4 members (excludes halogenated alkanes) is 22. The number of quaternary nitrogens is 1. The number of hydrogen-bond acceptors (Lipinski definition) is 7. The zero-order chi connectivity index (χ0) is 34.2. The van der Waals surface area contributed by atoms with Crippen LogP contribution in [-0.4, -0.2) is 77.8 Å². The summed E-state index contributed by atoms with van der Waals surface area (Å²) in [6.45, 7) is 3.79. The molecule has 46 heavy (non-hydrogen) atoms. The number of alkyl carbamates (subject to hydrolysis) is 1. The first kappa shape index (κ1) is 45.3. The number of phosphoric ester groups is 1. The summed E-state index contributed by atoms with van der Waals surface area (Å²) < 4.78 is 33.4. The molecule has 9 nitrogen and oxygen atoms in total. The Kier molecular flexibility index (Phi) is 31.1. The van der Waals surface area contributed by atoms with Crippen molar-refractivity contribution in [3.63, 3.8) is 0 Å². The molecule has 0 aliphatic carbocycles. The van der Waals surface area contributed by atoms with Crippen LogP contribution in [0.3, 0.4) is 0 Å². The number of nitrogens with zero attached hydrogens (tertiary/aromatic N) is 1. The summed E-state index contributed by atoms with van der Waals surface area (Å²) in [5, 5.41) is 2.75. The van der Waals surface area contributed by atoms with Crippen LogP contribution in [0.1, 0.15) is 161 Å². The highest BCUT2D eigenvalue weighted by Gasteiger charge is 2.16. The molecule has 0 aromatic heterocycles. The molecule has 0 fully saturated rings. The molecule has 0 aliphatic heterocycles. The molecule has 0 aromatic carbocycles. The minimum absolute atomic E-state index is 0.101. The first-order valence-corrected chi connectivity index (χ1v) is 20.4. The van der Waals surface area contributed by atoms with Crippen LogP contribution in [0, 0.1) is 0 Å². The van der Waals surface area contributed by atoms with Gasteiger partial charge in [-0.05, 0) is 25.7 Å². The van der Waals surface area contributed by atoms with Gasteiger partial charge in [0, 0.05) is 13.7 Å². The van der Waals surface area contributed by atoms with Crippen LogP contribution in [0.15, 0.2) is 0 Å². The Balaban J connectivity index is 3.62. The minimum Gasteiger partial charge on any atom is -0.756 e. The number of methoxy groups -OCH3 is 1. The smallest absolute Gasteiger partial charge is 0.407 e. The molecular formula is C36H75N2O7P. The lowest BCUT2D eigenvalue weighted by Crippen LogP contribution is -2.35. The molecular weight excluding hydrogens is 603 g/mol. The van der Waals surface area contributed by atoms with Crippen LogP contribution < -0.4 is 10.2 Å². The second-order valence-electron chi connectivity index (χ2n) is 14.1. The van der Waals surface area contributed by atoms with E-state index in [-0.39, 0.29) is 19.8 Å². The molecule has 1 amide bonds. The van der Waals surface area contributed by atoms with Crippen molar-refractivity contribution in [2.75, 3.05) is 61.2 Å². The summed E-state index contributed by atoms with van der Waals surface area (Å²) in [6.07, 6.45) is 28.6. The quantitative estimate of drug-likeness (QED) is 0.0405. The van der Waals surface area contributed by atoms with E-state index in [0.29, 0.717) is 13.0 Å². The largest absolute Gasteiger partial charge is 0.756 e. The lowest BCUT2D eigenvalue weighted by Gasteiger charge is -2.25. The summed E-state index contributed by atoms with van der Waals surface area (Å²) in [4.78, 5) is 24.1. The van der Waals surface area contributed by atoms with Crippen molar-refractivity contribution in [3.05, 3.63) is 0 Å². The third-order valence-electron chi connectivity index (χ3n) is 8.42. The van der Waals surface area contributed by atoms with Crippen LogP contribution >= 0.6 is 7.82 Å². The van der Waals surface area contributed by atoms with Gasteiger partial charge in [0.2, 0.25) is 0 Å². The van der Waals surface area contributed by atoms with E-state index < -0.39 is 20.0 Å². The van der Waals surface area contributed by atoms with E-state index in [1.807, 2.05) is 0 Å². The molecule has 0 aliphatic rings. The van der Waals surface area contributed by atoms with Crippen LogP contribution in [0.2, 0.25) is 0 Å². The number of carbonyl (C=O) groups excluding carboxylic acids is 1. The normalized spacial score (nSPS) is 13.9. The monoisotopic (exact) mass is 679 g/mol. The highest BCUT2D eigenvalue weighted by molar-refractivity contribution is 7.45. The highest BCUT2D eigenvalue weighted by atomic mass is 31.2. The molecule has 0 saturated heterocycles. The molecule has 2 atom stereocenters. The Morgan fingerprint density at radius 2 is 1.09 bits per heavy atom. The maximum Gasteiger partial charge on any atom is 0.407 e. The van der Waals surface area contributed by atoms with E-state index in [0.717, 1.165) is 30.2 Å². The van der Waals surface area contributed by atoms with Gasteiger partial charge in [0.05, 0.1) is 40.9 Å². The number of hydrogen-bond donors (Lipinski definition) is 1. The summed E-state index contributed by atoms with van der Waals surface area (Å²) >= 11 is 0. The van der Waals surface area contributed by atoms with Crippen molar-refractivity contribution < 1.29 is 37.3 Å². The summed E-state index contributed by atoms with van der Waals surface area (Å²) in [7, 11) is 3.66. The van der Waals surface area contributed by atoms with Crippen LogP contribution in [-0.2, 0) is 23.1 Å². The van der Waals surface area contributed by atoms with Crippen molar-refractivity contribution >= 4 is 13.9 Å². The van der Waals surface area contributed by atoms with Gasteiger partial charge < -0.3 is 33.2 Å². The Morgan fingerprint density at radius 3 is 1.54 bits per heavy atom. The number of amides is 1. The van der Waals surface area contributed by atoms with Crippen molar-refractivity contribution in [2.45, 2.75) is 167 Å². The lowest BCUT2D eigenvalue weighted by molar-refractivity contribution is -0.870. The Morgan fingerprint density at radius 1 is 0.652 bits per heavy atom. The SMILES string of the molecule is CCCCCCCCCCCCCCCCCCNC(=O)OCC(COP(=O)([O-])OCCCCCCCCCC[N+](C)(C)C)OC.